The fraction of sp³-hybridized carbons (Fsp3) is 0.300. The summed E-state index contributed by atoms with van der Waals surface area (Å²) in [5, 5.41) is 12.4. The number of halogens is 2. The molecule has 0 bridgehead atoms. The van der Waals surface area contributed by atoms with Crippen molar-refractivity contribution in [3.63, 3.8) is 0 Å². The van der Waals surface area contributed by atoms with Gasteiger partial charge >= 0.3 is 0 Å². The van der Waals surface area contributed by atoms with Crippen LogP contribution >= 0.6 is 11.6 Å². The summed E-state index contributed by atoms with van der Waals surface area (Å²) in [7, 11) is 1.50. The fourth-order valence-corrected chi connectivity index (χ4v) is 3.62. The zero-order valence-corrected chi connectivity index (χ0v) is 16.8. The van der Waals surface area contributed by atoms with Gasteiger partial charge in [0.1, 0.15) is 11.0 Å². The summed E-state index contributed by atoms with van der Waals surface area (Å²) in [6, 6.07) is 9.24. The smallest absolute Gasteiger partial charge is 0.294 e. The van der Waals surface area contributed by atoms with Gasteiger partial charge < -0.3 is 4.90 Å². The van der Waals surface area contributed by atoms with Crippen LogP contribution in [-0.2, 0) is 11.3 Å². The van der Waals surface area contributed by atoms with Crippen LogP contribution in [0.15, 0.2) is 54.1 Å². The minimum Gasteiger partial charge on any atom is -0.348 e. The first-order valence-corrected chi connectivity index (χ1v) is 9.46. The molecule has 2 aromatic rings. The maximum absolute atomic E-state index is 14.4. The Bertz CT molecular complexity index is 964. The topological polar surface area (TPSA) is 79.6 Å². The van der Waals surface area contributed by atoms with Crippen molar-refractivity contribution >= 4 is 17.5 Å². The van der Waals surface area contributed by atoms with E-state index in [0.717, 1.165) is 5.56 Å². The van der Waals surface area contributed by atoms with Crippen LogP contribution in [0.2, 0.25) is 5.15 Å². The van der Waals surface area contributed by atoms with Gasteiger partial charge in [-0.05, 0) is 24.6 Å². The lowest BCUT2D eigenvalue weighted by atomic mass is 9.88. The number of nitrogens with zero attached hydrogens (tertiary/aromatic N) is 4. The molecule has 0 fully saturated rings. The molecule has 0 aliphatic carbocycles. The molecule has 3 rings (SSSR count). The molecule has 7 nitrogen and oxygen atoms in total. The summed E-state index contributed by atoms with van der Waals surface area (Å²) in [5.74, 6) is -1.69. The zero-order chi connectivity index (χ0) is 21.1. The number of nitro groups is 1. The standard InChI is InChI=1S/C20H20ClFN4O3/c1-3-25(12-13-8-9-17(21)23-11-13)20-19(26(28)29)15(10-18(27)24(20)2)14-6-4-5-7-16(14)22/h4-9,11,15H,3,10,12H2,1-2H3/t15-/m1/s1. The molecule has 0 unspecified atom stereocenters. The van der Waals surface area contributed by atoms with Crippen LogP contribution in [0, 0.1) is 15.9 Å². The number of benzene rings is 1. The van der Waals surface area contributed by atoms with E-state index in [-0.39, 0.29) is 36.0 Å². The van der Waals surface area contributed by atoms with Crippen molar-refractivity contribution in [2.75, 3.05) is 13.6 Å². The van der Waals surface area contributed by atoms with Crippen molar-refractivity contribution in [3.8, 4) is 0 Å². The van der Waals surface area contributed by atoms with E-state index in [1.807, 2.05) is 6.92 Å². The molecule has 0 spiro atoms. The highest BCUT2D eigenvalue weighted by Crippen LogP contribution is 2.38. The Morgan fingerprint density at radius 3 is 2.66 bits per heavy atom. The third-order valence-corrected chi connectivity index (χ3v) is 5.17. The third-order valence-electron chi connectivity index (χ3n) is 4.95. The Hall–Kier alpha value is -3.00. The maximum atomic E-state index is 14.4. The van der Waals surface area contributed by atoms with Gasteiger partial charge in [0.05, 0.1) is 10.8 Å². The first-order valence-electron chi connectivity index (χ1n) is 9.08. The second-order valence-electron chi connectivity index (χ2n) is 6.70. The summed E-state index contributed by atoms with van der Waals surface area (Å²) in [6.45, 7) is 2.52. The second kappa shape index (κ2) is 8.57. The van der Waals surface area contributed by atoms with Crippen LogP contribution < -0.4 is 0 Å². The van der Waals surface area contributed by atoms with Crippen LogP contribution in [0.4, 0.5) is 4.39 Å². The van der Waals surface area contributed by atoms with Crippen molar-refractivity contribution in [1.82, 2.24) is 14.8 Å². The monoisotopic (exact) mass is 418 g/mol. The molecule has 152 valence electrons. The molecule has 1 aliphatic rings. The van der Waals surface area contributed by atoms with Crippen LogP contribution in [-0.4, -0.2) is 39.2 Å². The molecule has 1 aromatic carbocycles. The van der Waals surface area contributed by atoms with Gasteiger partial charge in [-0.2, -0.15) is 0 Å². The largest absolute Gasteiger partial charge is 0.348 e. The minimum atomic E-state index is -0.970. The zero-order valence-electron chi connectivity index (χ0n) is 16.0. The number of rotatable bonds is 6. The van der Waals surface area contributed by atoms with E-state index in [2.05, 4.69) is 4.98 Å². The third kappa shape index (κ3) is 4.22. The van der Waals surface area contributed by atoms with E-state index >= 15 is 0 Å². The molecule has 0 saturated carbocycles. The Labute approximate surface area is 172 Å². The number of aromatic nitrogens is 1. The molecule has 1 aromatic heterocycles. The van der Waals surface area contributed by atoms with Crippen LogP contribution in [0.25, 0.3) is 0 Å². The van der Waals surface area contributed by atoms with Crippen molar-refractivity contribution in [2.45, 2.75) is 25.8 Å². The van der Waals surface area contributed by atoms with Gasteiger partial charge in [0, 0.05) is 38.3 Å². The van der Waals surface area contributed by atoms with Gasteiger partial charge in [0.25, 0.3) is 5.70 Å². The van der Waals surface area contributed by atoms with E-state index in [0.29, 0.717) is 11.7 Å². The van der Waals surface area contributed by atoms with Crippen molar-refractivity contribution < 1.29 is 14.1 Å². The van der Waals surface area contributed by atoms with E-state index in [9.17, 15) is 19.3 Å². The number of hydrogen-bond acceptors (Lipinski definition) is 5. The number of carbonyl (C=O) groups is 1. The fourth-order valence-electron chi connectivity index (χ4n) is 3.51. The molecule has 29 heavy (non-hydrogen) atoms. The van der Waals surface area contributed by atoms with Gasteiger partial charge in [0.2, 0.25) is 5.91 Å². The lowest BCUT2D eigenvalue weighted by molar-refractivity contribution is -0.434. The average molecular weight is 419 g/mol. The van der Waals surface area contributed by atoms with Gasteiger partial charge in [-0.3, -0.25) is 19.8 Å². The SMILES string of the molecule is CCN(Cc1ccc(Cl)nc1)C1=C([N+](=O)[O-])[C@@H](c2ccccc2F)CC(=O)N1C. The normalized spacial score (nSPS) is 16.9. The Kier molecular flexibility index (Phi) is 6.12. The first kappa shape index (κ1) is 20.7. The van der Waals surface area contributed by atoms with Crippen LogP contribution in [0.5, 0.6) is 0 Å². The lowest BCUT2D eigenvalue weighted by Gasteiger charge is -2.36. The van der Waals surface area contributed by atoms with E-state index in [1.165, 1.54) is 30.1 Å². The lowest BCUT2D eigenvalue weighted by Crippen LogP contribution is -2.43. The van der Waals surface area contributed by atoms with Gasteiger partial charge in [-0.25, -0.2) is 9.37 Å². The Morgan fingerprint density at radius 1 is 1.34 bits per heavy atom. The number of amides is 1. The van der Waals surface area contributed by atoms with Gasteiger partial charge in [-0.15, -0.1) is 0 Å². The Morgan fingerprint density at radius 2 is 2.07 bits per heavy atom. The minimum absolute atomic E-state index is 0.141. The van der Waals surface area contributed by atoms with Gasteiger partial charge in [0.15, 0.2) is 5.82 Å². The predicted molar refractivity (Wildman–Crippen MR) is 106 cm³/mol. The molecule has 0 saturated heterocycles. The van der Waals surface area contributed by atoms with E-state index in [4.69, 9.17) is 11.6 Å². The molecule has 2 heterocycles. The van der Waals surface area contributed by atoms with E-state index in [1.54, 1.807) is 29.3 Å². The van der Waals surface area contributed by atoms with Crippen LogP contribution in [0.1, 0.15) is 30.4 Å². The quantitative estimate of drug-likeness (QED) is 0.405. The van der Waals surface area contributed by atoms with Crippen molar-refractivity contribution in [2.24, 2.45) is 0 Å². The first-order chi connectivity index (χ1) is 13.8. The molecule has 1 atom stereocenters. The molecule has 0 radical (unpaired) electrons. The van der Waals surface area contributed by atoms with Crippen molar-refractivity contribution in [1.29, 1.82) is 0 Å². The summed E-state index contributed by atoms with van der Waals surface area (Å²) in [4.78, 5) is 31.2. The number of pyridine rings is 1. The van der Waals surface area contributed by atoms with Crippen molar-refractivity contribution in [3.05, 3.63) is 86.3 Å². The summed E-state index contributed by atoms with van der Waals surface area (Å²) in [6.07, 6.45) is 1.41. The highest BCUT2D eigenvalue weighted by atomic mass is 35.5. The number of allylic oxidation sites excluding steroid dienone is 1. The summed E-state index contributed by atoms with van der Waals surface area (Å²) < 4.78 is 14.4. The summed E-state index contributed by atoms with van der Waals surface area (Å²) >= 11 is 5.83. The highest BCUT2D eigenvalue weighted by Gasteiger charge is 2.43. The molecule has 1 aliphatic heterocycles. The predicted octanol–water partition coefficient (Wildman–Crippen LogP) is 3.79. The summed E-state index contributed by atoms with van der Waals surface area (Å²) in [5.41, 5.74) is 0.726. The van der Waals surface area contributed by atoms with Gasteiger partial charge in [-0.1, -0.05) is 35.9 Å². The molecule has 9 heteroatoms. The molecule has 1 amide bonds. The maximum Gasteiger partial charge on any atom is 0.294 e. The second-order valence-corrected chi connectivity index (χ2v) is 7.09. The molecule has 0 N–H and O–H groups in total. The Balaban J connectivity index is 2.12. The highest BCUT2D eigenvalue weighted by molar-refractivity contribution is 6.29. The van der Waals surface area contributed by atoms with Crippen LogP contribution in [0.3, 0.4) is 0 Å². The average Bonchev–Trinajstić information content (AvgIpc) is 2.69. The molecular weight excluding hydrogens is 399 g/mol. The molecular formula is C20H20ClFN4O3. The number of carbonyl (C=O) groups excluding carboxylic acids is 1. The van der Waals surface area contributed by atoms with E-state index < -0.39 is 16.7 Å². The number of hydrogen-bond donors (Lipinski definition) is 0.